The summed E-state index contributed by atoms with van der Waals surface area (Å²) >= 11 is 1.88. The fourth-order valence-corrected chi connectivity index (χ4v) is 4.18. The first-order valence-corrected chi connectivity index (χ1v) is 8.45. The number of hydrogen-bond acceptors (Lipinski definition) is 2. The second-order valence-corrected chi connectivity index (χ2v) is 6.76. The highest BCUT2D eigenvalue weighted by atomic mass is 32.1. The molecular formula is C20H17NS. The molecule has 2 heteroatoms. The average molecular weight is 303 g/mol. The number of hydrogen-bond donors (Lipinski definition) is 0. The van der Waals surface area contributed by atoms with Crippen molar-refractivity contribution in [2.45, 2.75) is 20.3 Å². The van der Waals surface area contributed by atoms with Gasteiger partial charge in [-0.25, -0.2) is 0 Å². The van der Waals surface area contributed by atoms with E-state index in [0.29, 0.717) is 0 Å². The molecule has 0 saturated carbocycles. The summed E-state index contributed by atoms with van der Waals surface area (Å²) in [4.78, 5) is 4.59. The van der Waals surface area contributed by atoms with Crippen molar-refractivity contribution < 1.29 is 0 Å². The van der Waals surface area contributed by atoms with Crippen molar-refractivity contribution in [3.8, 4) is 11.3 Å². The first kappa shape index (κ1) is 13.5. The molecule has 0 N–H and O–H groups in total. The van der Waals surface area contributed by atoms with Crippen LogP contribution in [-0.4, -0.2) is 4.98 Å². The van der Waals surface area contributed by atoms with Crippen LogP contribution in [0.3, 0.4) is 0 Å². The number of aromatic nitrogens is 1. The van der Waals surface area contributed by atoms with Crippen LogP contribution in [0.2, 0.25) is 0 Å². The van der Waals surface area contributed by atoms with Crippen molar-refractivity contribution >= 4 is 31.5 Å². The molecule has 4 rings (SSSR count). The van der Waals surface area contributed by atoms with Gasteiger partial charge in [0.2, 0.25) is 0 Å². The zero-order valence-corrected chi connectivity index (χ0v) is 13.6. The molecule has 2 aromatic heterocycles. The Bertz CT molecular complexity index is 982. The molecule has 0 aliphatic carbocycles. The standard InChI is InChI=1S/C20H17NS/c1-3-14-11-20-17(15-6-4-5-7-19(15)22-20)12-16(14)18-10-13(2)8-9-21-18/h4-12H,3H2,1-2H3. The quantitative estimate of drug-likeness (QED) is 0.443. The molecule has 0 fully saturated rings. The second-order valence-electron chi connectivity index (χ2n) is 5.68. The molecule has 1 nitrogen and oxygen atoms in total. The summed E-state index contributed by atoms with van der Waals surface area (Å²) in [7, 11) is 0. The van der Waals surface area contributed by atoms with Gasteiger partial charge in [-0.3, -0.25) is 4.98 Å². The van der Waals surface area contributed by atoms with Crippen molar-refractivity contribution in [3.05, 3.63) is 65.9 Å². The second kappa shape index (κ2) is 5.22. The van der Waals surface area contributed by atoms with Crippen LogP contribution in [-0.2, 0) is 6.42 Å². The Kier molecular flexibility index (Phi) is 3.20. The Morgan fingerprint density at radius 2 is 1.82 bits per heavy atom. The van der Waals surface area contributed by atoms with Gasteiger partial charge in [-0.05, 0) is 54.8 Å². The molecule has 4 aromatic rings. The van der Waals surface area contributed by atoms with Crippen LogP contribution in [0, 0.1) is 6.92 Å². The molecule has 0 spiro atoms. The smallest absolute Gasteiger partial charge is 0.0707 e. The molecular weight excluding hydrogens is 286 g/mol. The van der Waals surface area contributed by atoms with E-state index in [2.05, 4.69) is 61.3 Å². The minimum atomic E-state index is 1.02. The Hall–Kier alpha value is -2.19. The van der Waals surface area contributed by atoms with Crippen LogP contribution < -0.4 is 0 Å². The van der Waals surface area contributed by atoms with Crippen LogP contribution in [0.25, 0.3) is 31.4 Å². The summed E-state index contributed by atoms with van der Waals surface area (Å²) < 4.78 is 2.73. The van der Waals surface area contributed by atoms with E-state index >= 15 is 0 Å². The topological polar surface area (TPSA) is 12.9 Å². The van der Waals surface area contributed by atoms with Gasteiger partial charge in [-0.1, -0.05) is 25.1 Å². The first-order chi connectivity index (χ1) is 10.8. The highest BCUT2D eigenvalue weighted by molar-refractivity contribution is 7.25. The van der Waals surface area contributed by atoms with E-state index in [0.717, 1.165) is 12.1 Å². The van der Waals surface area contributed by atoms with Crippen molar-refractivity contribution in [1.82, 2.24) is 4.98 Å². The summed E-state index contributed by atoms with van der Waals surface area (Å²) in [5.74, 6) is 0. The maximum Gasteiger partial charge on any atom is 0.0707 e. The Morgan fingerprint density at radius 1 is 0.955 bits per heavy atom. The molecule has 0 aliphatic heterocycles. The summed E-state index contributed by atoms with van der Waals surface area (Å²) in [5, 5.41) is 2.69. The van der Waals surface area contributed by atoms with Gasteiger partial charge in [-0.2, -0.15) is 0 Å². The van der Waals surface area contributed by atoms with Crippen molar-refractivity contribution in [2.75, 3.05) is 0 Å². The van der Waals surface area contributed by atoms with E-state index in [9.17, 15) is 0 Å². The van der Waals surface area contributed by atoms with Crippen molar-refractivity contribution in [1.29, 1.82) is 0 Å². The molecule has 2 heterocycles. The predicted molar refractivity (Wildman–Crippen MR) is 96.7 cm³/mol. The SMILES string of the molecule is CCc1cc2sc3ccccc3c2cc1-c1cc(C)ccn1. The van der Waals surface area contributed by atoms with Gasteiger partial charge in [-0.15, -0.1) is 11.3 Å². The largest absolute Gasteiger partial charge is 0.256 e. The normalized spacial score (nSPS) is 11.4. The van der Waals surface area contributed by atoms with Crippen LogP contribution in [0.1, 0.15) is 18.1 Å². The van der Waals surface area contributed by atoms with E-state index in [-0.39, 0.29) is 0 Å². The third-order valence-electron chi connectivity index (χ3n) is 4.17. The van der Waals surface area contributed by atoms with Crippen molar-refractivity contribution in [2.24, 2.45) is 0 Å². The molecule has 0 unspecified atom stereocenters. The fraction of sp³-hybridized carbons (Fsp3) is 0.150. The lowest BCUT2D eigenvalue weighted by Crippen LogP contribution is -1.91. The van der Waals surface area contributed by atoms with Gasteiger partial charge < -0.3 is 0 Å². The van der Waals surface area contributed by atoms with Gasteiger partial charge >= 0.3 is 0 Å². The monoisotopic (exact) mass is 303 g/mol. The fourth-order valence-electron chi connectivity index (χ4n) is 3.03. The maximum atomic E-state index is 4.59. The van der Waals surface area contributed by atoms with Crippen LogP contribution in [0.15, 0.2) is 54.7 Å². The zero-order valence-electron chi connectivity index (χ0n) is 12.8. The molecule has 0 amide bonds. The number of aryl methyl sites for hydroxylation is 2. The average Bonchev–Trinajstić information content (AvgIpc) is 2.91. The van der Waals surface area contributed by atoms with Crippen LogP contribution in [0.5, 0.6) is 0 Å². The lowest BCUT2D eigenvalue weighted by atomic mass is 9.98. The molecule has 0 aliphatic rings. The molecule has 0 bridgehead atoms. The number of benzene rings is 2. The molecule has 2 aromatic carbocycles. The Morgan fingerprint density at radius 3 is 2.64 bits per heavy atom. The van der Waals surface area contributed by atoms with Crippen LogP contribution in [0.4, 0.5) is 0 Å². The predicted octanol–water partition coefficient (Wildman–Crippen LogP) is 5.99. The minimum absolute atomic E-state index is 1.02. The van der Waals surface area contributed by atoms with E-state index in [1.165, 1.54) is 36.9 Å². The Labute approximate surface area is 134 Å². The maximum absolute atomic E-state index is 4.59. The van der Waals surface area contributed by atoms with Gasteiger partial charge in [0.05, 0.1) is 5.69 Å². The third-order valence-corrected chi connectivity index (χ3v) is 5.31. The van der Waals surface area contributed by atoms with Gasteiger partial charge in [0, 0.05) is 31.9 Å². The number of pyridine rings is 1. The summed E-state index contributed by atoms with van der Waals surface area (Å²) in [6.45, 7) is 4.34. The number of rotatable bonds is 2. The van der Waals surface area contributed by atoms with Crippen molar-refractivity contribution in [3.63, 3.8) is 0 Å². The van der Waals surface area contributed by atoms with E-state index in [1.807, 2.05) is 23.6 Å². The first-order valence-electron chi connectivity index (χ1n) is 7.63. The van der Waals surface area contributed by atoms with Gasteiger partial charge in [0.25, 0.3) is 0 Å². The minimum Gasteiger partial charge on any atom is -0.256 e. The van der Waals surface area contributed by atoms with Gasteiger partial charge in [0.15, 0.2) is 0 Å². The number of thiophene rings is 1. The highest BCUT2D eigenvalue weighted by Crippen LogP contribution is 2.38. The van der Waals surface area contributed by atoms with E-state index < -0.39 is 0 Å². The lowest BCUT2D eigenvalue weighted by molar-refractivity contribution is 1.14. The van der Waals surface area contributed by atoms with Gasteiger partial charge in [0.1, 0.15) is 0 Å². The Balaban J connectivity index is 2.06. The molecule has 22 heavy (non-hydrogen) atoms. The summed E-state index contributed by atoms with van der Waals surface area (Å²) in [6.07, 6.45) is 2.93. The molecule has 0 saturated heterocycles. The number of fused-ring (bicyclic) bond motifs is 3. The number of nitrogens with zero attached hydrogens (tertiary/aromatic N) is 1. The summed E-state index contributed by atoms with van der Waals surface area (Å²) in [5.41, 5.74) is 4.97. The van der Waals surface area contributed by atoms with E-state index in [1.54, 1.807) is 0 Å². The molecule has 108 valence electrons. The zero-order chi connectivity index (χ0) is 15.1. The molecule has 0 radical (unpaired) electrons. The van der Waals surface area contributed by atoms with E-state index in [4.69, 9.17) is 0 Å². The highest BCUT2D eigenvalue weighted by Gasteiger charge is 2.11. The lowest BCUT2D eigenvalue weighted by Gasteiger charge is -2.09. The molecule has 0 atom stereocenters. The summed E-state index contributed by atoms with van der Waals surface area (Å²) in [6, 6.07) is 17.5. The third kappa shape index (κ3) is 2.11. The van der Waals surface area contributed by atoms with Crippen LogP contribution >= 0.6 is 11.3 Å².